The Balaban J connectivity index is 1.59. The number of hydrogen-bond acceptors (Lipinski definition) is 7. The lowest BCUT2D eigenvalue weighted by Crippen LogP contribution is -2.40. The molecule has 2 heterocycles. The van der Waals surface area contributed by atoms with Crippen molar-refractivity contribution < 1.29 is 27.2 Å². The maximum Gasteiger partial charge on any atom is 0.342 e. The Labute approximate surface area is 190 Å². The Morgan fingerprint density at radius 2 is 1.85 bits per heavy atom. The first-order valence-corrected chi connectivity index (χ1v) is 12.2. The van der Waals surface area contributed by atoms with Crippen LogP contribution >= 0.6 is 0 Å². The minimum absolute atomic E-state index is 0.0284. The zero-order valence-electron chi connectivity index (χ0n) is 18.2. The lowest BCUT2D eigenvalue weighted by atomic mass is 10.0. The number of benzene rings is 2. The number of nitrogens with zero attached hydrogens (tertiary/aromatic N) is 1. The summed E-state index contributed by atoms with van der Waals surface area (Å²) in [5.74, 6) is -1.03. The van der Waals surface area contributed by atoms with Crippen molar-refractivity contribution in [2.75, 3.05) is 25.2 Å². The number of esters is 1. The highest BCUT2D eigenvalue weighted by molar-refractivity contribution is 7.91. The molecule has 4 rings (SSSR count). The van der Waals surface area contributed by atoms with Gasteiger partial charge in [-0.1, -0.05) is 36.4 Å². The van der Waals surface area contributed by atoms with Crippen LogP contribution in [0.25, 0.3) is 22.3 Å². The van der Waals surface area contributed by atoms with Crippen LogP contribution in [-0.2, 0) is 19.4 Å². The zero-order chi connectivity index (χ0) is 23.8. The molecule has 1 unspecified atom stereocenters. The minimum Gasteiger partial charge on any atom is -0.455 e. The number of rotatable bonds is 5. The summed E-state index contributed by atoms with van der Waals surface area (Å²) in [6.45, 7) is 1.11. The third-order valence-electron chi connectivity index (χ3n) is 5.88. The molecule has 8 nitrogen and oxygen atoms in total. The van der Waals surface area contributed by atoms with Gasteiger partial charge in [0.05, 0.1) is 16.9 Å². The molecule has 0 saturated carbocycles. The zero-order valence-corrected chi connectivity index (χ0v) is 19.1. The Morgan fingerprint density at radius 3 is 2.52 bits per heavy atom. The maximum absolute atomic E-state index is 12.9. The fourth-order valence-corrected chi connectivity index (χ4v) is 5.70. The summed E-state index contributed by atoms with van der Waals surface area (Å²) >= 11 is 0. The van der Waals surface area contributed by atoms with Crippen molar-refractivity contribution in [1.29, 1.82) is 0 Å². The molecule has 33 heavy (non-hydrogen) atoms. The van der Waals surface area contributed by atoms with Crippen LogP contribution in [0.5, 0.6) is 0 Å². The quantitative estimate of drug-likeness (QED) is 0.528. The third-order valence-corrected chi connectivity index (χ3v) is 7.63. The summed E-state index contributed by atoms with van der Waals surface area (Å²) in [6.07, 6.45) is 0.356. The van der Waals surface area contributed by atoms with Gasteiger partial charge in [0.2, 0.25) is 0 Å². The van der Waals surface area contributed by atoms with E-state index in [0.717, 1.165) is 0 Å². The summed E-state index contributed by atoms with van der Waals surface area (Å²) in [4.78, 5) is 39.5. The molecule has 172 valence electrons. The molecule has 1 saturated heterocycles. The van der Waals surface area contributed by atoms with E-state index in [2.05, 4.69) is 0 Å². The number of carbonyl (C=O) groups is 2. The van der Waals surface area contributed by atoms with Crippen molar-refractivity contribution in [2.45, 2.75) is 19.4 Å². The average Bonchev–Trinajstić information content (AvgIpc) is 3.18. The molecule has 0 N–H and O–H groups in total. The monoisotopic (exact) mass is 469 g/mol. The summed E-state index contributed by atoms with van der Waals surface area (Å²) < 4.78 is 34.5. The number of amides is 1. The molecule has 1 aromatic heterocycles. The Morgan fingerprint density at radius 1 is 1.12 bits per heavy atom. The van der Waals surface area contributed by atoms with E-state index >= 15 is 0 Å². The molecule has 1 aliphatic rings. The van der Waals surface area contributed by atoms with E-state index < -0.39 is 34.4 Å². The molecule has 1 fully saturated rings. The van der Waals surface area contributed by atoms with Crippen molar-refractivity contribution in [2.24, 2.45) is 0 Å². The molecule has 9 heteroatoms. The second-order valence-electron chi connectivity index (χ2n) is 8.07. The minimum atomic E-state index is -3.15. The average molecular weight is 470 g/mol. The first kappa shape index (κ1) is 22.7. The Bertz CT molecular complexity index is 1390. The number of carbonyl (C=O) groups excluding carboxylic acids is 2. The number of hydrogen-bond donors (Lipinski definition) is 0. The van der Waals surface area contributed by atoms with Crippen LogP contribution in [0.3, 0.4) is 0 Å². The van der Waals surface area contributed by atoms with Gasteiger partial charge in [-0.3, -0.25) is 9.59 Å². The molecule has 1 aliphatic heterocycles. The molecule has 1 atom stereocenters. The molecule has 0 radical (unpaired) electrons. The summed E-state index contributed by atoms with van der Waals surface area (Å²) in [6, 6.07) is 13.2. The number of fused-ring (bicyclic) bond motifs is 1. The van der Waals surface area contributed by atoms with Crippen LogP contribution in [0.1, 0.15) is 22.3 Å². The van der Waals surface area contributed by atoms with Gasteiger partial charge in [-0.2, -0.15) is 0 Å². The smallest absolute Gasteiger partial charge is 0.342 e. The molecule has 0 bridgehead atoms. The van der Waals surface area contributed by atoms with Gasteiger partial charge in [0.15, 0.2) is 27.5 Å². The van der Waals surface area contributed by atoms with Gasteiger partial charge >= 0.3 is 5.97 Å². The first-order valence-electron chi connectivity index (χ1n) is 10.4. The highest BCUT2D eigenvalue weighted by Crippen LogP contribution is 2.27. The van der Waals surface area contributed by atoms with Gasteiger partial charge in [-0.25, -0.2) is 13.2 Å². The SMILES string of the molecule is Cc1c(-c2ccccc2)oc2c(C(=O)OCC(=O)N(C)C3CCS(=O)(=O)C3)cccc2c1=O. The van der Waals surface area contributed by atoms with Crippen molar-refractivity contribution in [3.8, 4) is 11.3 Å². The highest BCUT2D eigenvalue weighted by atomic mass is 32.2. The standard InChI is InChI=1S/C24H23NO7S/c1-15-21(27)18-9-6-10-19(23(18)32-22(15)16-7-4-3-5-8-16)24(28)31-13-20(26)25(2)17-11-12-33(29,30)14-17/h3-10,17H,11-14H2,1-2H3. The van der Waals surface area contributed by atoms with Crippen molar-refractivity contribution in [3.63, 3.8) is 0 Å². The fourth-order valence-electron chi connectivity index (χ4n) is 3.93. The van der Waals surface area contributed by atoms with E-state index in [1.54, 1.807) is 31.2 Å². The van der Waals surface area contributed by atoms with E-state index in [-0.39, 0.29) is 33.5 Å². The van der Waals surface area contributed by atoms with Crippen molar-refractivity contribution >= 4 is 32.7 Å². The molecule has 1 amide bonds. The molecule has 3 aromatic rings. The van der Waals surface area contributed by atoms with E-state index in [4.69, 9.17) is 9.15 Å². The van der Waals surface area contributed by atoms with Crippen LogP contribution in [0.4, 0.5) is 0 Å². The van der Waals surface area contributed by atoms with Crippen LogP contribution in [0.2, 0.25) is 0 Å². The number of para-hydroxylation sites is 1. The number of likely N-dealkylation sites (N-methyl/N-ethyl adjacent to an activating group) is 1. The summed E-state index contributed by atoms with van der Waals surface area (Å²) in [5, 5.41) is 0.237. The molecule has 2 aromatic carbocycles. The Kier molecular flexibility index (Phi) is 6.07. The highest BCUT2D eigenvalue weighted by Gasteiger charge is 2.33. The van der Waals surface area contributed by atoms with E-state index in [0.29, 0.717) is 23.3 Å². The molecular formula is C24H23NO7S. The van der Waals surface area contributed by atoms with Gasteiger partial charge in [-0.15, -0.1) is 0 Å². The van der Waals surface area contributed by atoms with Gasteiger partial charge in [-0.05, 0) is 25.5 Å². The normalized spacial score (nSPS) is 17.1. The molecular weight excluding hydrogens is 446 g/mol. The number of ether oxygens (including phenoxy) is 1. The second kappa shape index (κ2) is 8.82. The summed E-state index contributed by atoms with van der Waals surface area (Å²) in [7, 11) is -1.66. The lowest BCUT2D eigenvalue weighted by molar-refractivity contribution is -0.134. The topological polar surface area (TPSA) is 111 Å². The predicted molar refractivity (Wildman–Crippen MR) is 123 cm³/mol. The maximum atomic E-state index is 12.9. The predicted octanol–water partition coefficient (Wildman–Crippen LogP) is 2.57. The van der Waals surface area contributed by atoms with Gasteiger partial charge in [0.25, 0.3) is 5.91 Å². The van der Waals surface area contributed by atoms with E-state index in [1.165, 1.54) is 18.0 Å². The van der Waals surface area contributed by atoms with Gasteiger partial charge in [0.1, 0.15) is 11.3 Å². The van der Waals surface area contributed by atoms with Crippen LogP contribution in [-0.4, -0.2) is 56.4 Å². The van der Waals surface area contributed by atoms with Crippen LogP contribution < -0.4 is 5.43 Å². The van der Waals surface area contributed by atoms with Gasteiger partial charge in [0, 0.05) is 24.2 Å². The molecule has 0 spiro atoms. The van der Waals surface area contributed by atoms with E-state index in [9.17, 15) is 22.8 Å². The lowest BCUT2D eigenvalue weighted by Gasteiger charge is -2.23. The van der Waals surface area contributed by atoms with Crippen molar-refractivity contribution in [3.05, 3.63) is 69.9 Å². The first-order chi connectivity index (χ1) is 15.7. The summed E-state index contributed by atoms with van der Waals surface area (Å²) in [5.41, 5.74) is 0.964. The van der Waals surface area contributed by atoms with Crippen LogP contribution in [0, 0.1) is 6.92 Å². The second-order valence-corrected chi connectivity index (χ2v) is 10.3. The number of sulfone groups is 1. The van der Waals surface area contributed by atoms with Gasteiger partial charge < -0.3 is 14.1 Å². The fraction of sp³-hybridized carbons (Fsp3) is 0.292. The third kappa shape index (κ3) is 4.54. The molecule has 0 aliphatic carbocycles. The largest absolute Gasteiger partial charge is 0.455 e. The van der Waals surface area contributed by atoms with Crippen molar-refractivity contribution in [1.82, 2.24) is 4.90 Å². The van der Waals surface area contributed by atoms with E-state index in [1.807, 2.05) is 18.2 Å². The van der Waals surface area contributed by atoms with Crippen LogP contribution in [0.15, 0.2) is 57.7 Å². The Hall–Kier alpha value is -3.46.